The van der Waals surface area contributed by atoms with Gasteiger partial charge in [-0.2, -0.15) is 0 Å². The van der Waals surface area contributed by atoms with Gasteiger partial charge in [-0.05, 0) is 104 Å². The van der Waals surface area contributed by atoms with Crippen molar-refractivity contribution < 1.29 is 9.53 Å². The Hall–Kier alpha value is -2.09. The first-order valence-electron chi connectivity index (χ1n) is 13.1. The minimum Gasteiger partial charge on any atom is -0.423 e. The third-order valence-electron chi connectivity index (χ3n) is 8.19. The summed E-state index contributed by atoms with van der Waals surface area (Å²) in [4.78, 5) is 12.4. The van der Waals surface area contributed by atoms with Crippen LogP contribution in [-0.2, 0) is 6.42 Å². The number of hydrogen-bond donors (Lipinski definition) is 0. The summed E-state index contributed by atoms with van der Waals surface area (Å²) in [6.07, 6.45) is 15.0. The molecule has 2 fully saturated rings. The van der Waals surface area contributed by atoms with Crippen LogP contribution in [0.15, 0.2) is 48.5 Å². The molecule has 0 N–H and O–H groups in total. The van der Waals surface area contributed by atoms with Crippen molar-refractivity contribution in [2.75, 3.05) is 0 Å². The van der Waals surface area contributed by atoms with E-state index in [-0.39, 0.29) is 5.97 Å². The lowest BCUT2D eigenvalue weighted by molar-refractivity contribution is 0.0734. The van der Waals surface area contributed by atoms with E-state index in [1.54, 1.807) is 0 Å². The zero-order chi connectivity index (χ0) is 22.3. The molecule has 0 aromatic heterocycles. The summed E-state index contributed by atoms with van der Waals surface area (Å²) in [6.45, 7) is 4.44. The molecule has 0 unspecified atom stereocenters. The first-order valence-corrected chi connectivity index (χ1v) is 13.1. The number of esters is 1. The molecule has 0 atom stereocenters. The Morgan fingerprint density at radius 2 is 1.38 bits per heavy atom. The van der Waals surface area contributed by atoms with Crippen LogP contribution in [0.3, 0.4) is 0 Å². The van der Waals surface area contributed by atoms with Crippen molar-refractivity contribution in [3.05, 3.63) is 65.2 Å². The van der Waals surface area contributed by atoms with Gasteiger partial charge in [-0.1, -0.05) is 63.8 Å². The first-order chi connectivity index (χ1) is 15.7. The topological polar surface area (TPSA) is 26.3 Å². The van der Waals surface area contributed by atoms with Gasteiger partial charge in [-0.15, -0.1) is 0 Å². The minimum atomic E-state index is -0.283. The van der Waals surface area contributed by atoms with Gasteiger partial charge < -0.3 is 4.74 Å². The van der Waals surface area contributed by atoms with Crippen LogP contribution in [0.25, 0.3) is 0 Å². The van der Waals surface area contributed by atoms with Crippen LogP contribution < -0.4 is 4.74 Å². The number of benzene rings is 2. The fourth-order valence-electron chi connectivity index (χ4n) is 6.13. The predicted octanol–water partition coefficient (Wildman–Crippen LogP) is 8.35. The standard InChI is InChI=1S/C30H40O2/c1-3-5-23-8-10-24(11-9-23)25-14-16-26(17-15-25)27-18-20-29(21-19-27)32-30(31)28-12-6-22(4-2)7-13-28/h6-7,12-13,18-21,23-26H,3-5,8-11,14-17H2,1-2H3/t23-,24-,25-,26-. The van der Waals surface area contributed by atoms with Gasteiger partial charge in [0.1, 0.15) is 5.75 Å². The van der Waals surface area contributed by atoms with E-state index in [4.69, 9.17) is 4.74 Å². The Bertz CT molecular complexity index is 835. The van der Waals surface area contributed by atoms with Crippen LogP contribution >= 0.6 is 0 Å². The molecular formula is C30H40O2. The van der Waals surface area contributed by atoms with Gasteiger partial charge in [0.25, 0.3) is 0 Å². The third-order valence-corrected chi connectivity index (χ3v) is 8.19. The molecule has 0 heterocycles. The van der Waals surface area contributed by atoms with Crippen molar-refractivity contribution in [2.45, 2.75) is 90.4 Å². The van der Waals surface area contributed by atoms with E-state index in [1.807, 2.05) is 36.4 Å². The average Bonchev–Trinajstić information content (AvgIpc) is 2.85. The predicted molar refractivity (Wildman–Crippen MR) is 132 cm³/mol. The lowest BCUT2D eigenvalue weighted by atomic mass is 9.68. The highest BCUT2D eigenvalue weighted by Crippen LogP contribution is 2.44. The monoisotopic (exact) mass is 432 g/mol. The molecule has 2 aliphatic carbocycles. The zero-order valence-electron chi connectivity index (χ0n) is 20.0. The quantitative estimate of drug-likeness (QED) is 0.324. The molecule has 0 aliphatic heterocycles. The first kappa shape index (κ1) is 23.1. The molecule has 0 radical (unpaired) electrons. The summed E-state index contributed by atoms with van der Waals surface area (Å²) in [7, 11) is 0. The molecule has 0 spiro atoms. The Balaban J connectivity index is 1.25. The number of ether oxygens (including phenoxy) is 1. The average molecular weight is 433 g/mol. The molecular weight excluding hydrogens is 392 g/mol. The van der Waals surface area contributed by atoms with Crippen molar-refractivity contribution in [3.8, 4) is 5.75 Å². The van der Waals surface area contributed by atoms with Crippen LogP contribution in [0.1, 0.15) is 105 Å². The lowest BCUT2D eigenvalue weighted by Crippen LogP contribution is -2.25. The Kier molecular flexibility index (Phi) is 8.05. The highest BCUT2D eigenvalue weighted by Gasteiger charge is 2.31. The molecule has 2 saturated carbocycles. The molecule has 32 heavy (non-hydrogen) atoms. The van der Waals surface area contributed by atoms with Gasteiger partial charge in [0.05, 0.1) is 5.56 Å². The van der Waals surface area contributed by atoms with Crippen molar-refractivity contribution >= 4 is 5.97 Å². The summed E-state index contributed by atoms with van der Waals surface area (Å²) < 4.78 is 5.60. The number of hydrogen-bond acceptors (Lipinski definition) is 2. The molecule has 2 heteroatoms. The van der Waals surface area contributed by atoms with E-state index < -0.39 is 0 Å². The van der Waals surface area contributed by atoms with Gasteiger partial charge >= 0.3 is 5.97 Å². The Morgan fingerprint density at radius 1 is 0.781 bits per heavy atom. The molecule has 0 bridgehead atoms. The summed E-state index contributed by atoms with van der Waals surface area (Å²) in [5, 5.41) is 0. The van der Waals surface area contributed by atoms with E-state index in [0.717, 1.165) is 24.2 Å². The van der Waals surface area contributed by atoms with E-state index in [2.05, 4.69) is 26.0 Å². The van der Waals surface area contributed by atoms with E-state index in [1.165, 1.54) is 75.3 Å². The summed E-state index contributed by atoms with van der Waals surface area (Å²) >= 11 is 0. The van der Waals surface area contributed by atoms with Crippen LogP contribution in [0.4, 0.5) is 0 Å². The maximum Gasteiger partial charge on any atom is 0.343 e. The van der Waals surface area contributed by atoms with Gasteiger partial charge in [-0.3, -0.25) is 0 Å². The molecule has 0 saturated heterocycles. The molecule has 4 rings (SSSR count). The van der Waals surface area contributed by atoms with Gasteiger partial charge in [0, 0.05) is 0 Å². The van der Waals surface area contributed by atoms with Crippen molar-refractivity contribution in [1.29, 1.82) is 0 Å². The molecule has 2 aromatic rings. The van der Waals surface area contributed by atoms with E-state index in [9.17, 15) is 4.79 Å². The van der Waals surface area contributed by atoms with Crippen LogP contribution in [-0.4, -0.2) is 5.97 Å². The molecule has 172 valence electrons. The van der Waals surface area contributed by atoms with Gasteiger partial charge in [-0.25, -0.2) is 4.79 Å². The highest BCUT2D eigenvalue weighted by molar-refractivity contribution is 5.91. The van der Waals surface area contributed by atoms with Crippen LogP contribution in [0.2, 0.25) is 0 Å². The number of aryl methyl sites for hydroxylation is 1. The van der Waals surface area contributed by atoms with Crippen molar-refractivity contribution in [2.24, 2.45) is 17.8 Å². The second kappa shape index (κ2) is 11.2. The van der Waals surface area contributed by atoms with Crippen molar-refractivity contribution in [3.63, 3.8) is 0 Å². The minimum absolute atomic E-state index is 0.283. The Labute approximate surface area is 194 Å². The SMILES string of the molecule is CCC[C@H]1CC[C@H]([C@H]2CC[C@H](c3ccc(OC(=O)c4ccc(CC)cc4)cc3)CC2)CC1. The highest BCUT2D eigenvalue weighted by atomic mass is 16.5. The molecule has 2 aliphatic rings. The van der Waals surface area contributed by atoms with Gasteiger partial charge in [0.15, 0.2) is 0 Å². The normalized spacial score (nSPS) is 25.9. The maximum atomic E-state index is 12.4. The largest absolute Gasteiger partial charge is 0.423 e. The lowest BCUT2D eigenvalue weighted by Gasteiger charge is -2.38. The molecule has 2 nitrogen and oxygen atoms in total. The fraction of sp³-hybridized carbons (Fsp3) is 0.567. The second-order valence-electron chi connectivity index (χ2n) is 10.2. The van der Waals surface area contributed by atoms with Crippen LogP contribution in [0.5, 0.6) is 5.75 Å². The van der Waals surface area contributed by atoms with Gasteiger partial charge in [0.2, 0.25) is 0 Å². The fourth-order valence-corrected chi connectivity index (χ4v) is 6.13. The number of carbonyl (C=O) groups is 1. The summed E-state index contributed by atoms with van der Waals surface area (Å²) in [6, 6.07) is 16.0. The third kappa shape index (κ3) is 5.82. The Morgan fingerprint density at radius 3 is 1.94 bits per heavy atom. The summed E-state index contributed by atoms with van der Waals surface area (Å²) in [5.74, 6) is 3.96. The van der Waals surface area contributed by atoms with E-state index in [0.29, 0.717) is 17.2 Å². The second-order valence-corrected chi connectivity index (χ2v) is 10.2. The van der Waals surface area contributed by atoms with Crippen LogP contribution in [0, 0.1) is 17.8 Å². The van der Waals surface area contributed by atoms with Crippen molar-refractivity contribution in [1.82, 2.24) is 0 Å². The number of rotatable bonds is 7. The molecule has 2 aromatic carbocycles. The summed E-state index contributed by atoms with van der Waals surface area (Å²) in [5.41, 5.74) is 3.24. The zero-order valence-corrected chi connectivity index (χ0v) is 20.0. The molecule has 0 amide bonds. The smallest absolute Gasteiger partial charge is 0.343 e. The number of carbonyl (C=O) groups excluding carboxylic acids is 1. The van der Waals surface area contributed by atoms with E-state index >= 15 is 0 Å². The maximum absolute atomic E-state index is 12.4.